The Hall–Kier alpha value is -0.670. The van der Waals surface area contributed by atoms with E-state index in [4.69, 9.17) is 0 Å². The summed E-state index contributed by atoms with van der Waals surface area (Å²) in [5.74, 6) is 1.54. The maximum atomic E-state index is 12.6. The van der Waals surface area contributed by atoms with E-state index >= 15 is 0 Å². The summed E-state index contributed by atoms with van der Waals surface area (Å²) in [6.45, 7) is 9.33. The predicted molar refractivity (Wildman–Crippen MR) is 91.4 cm³/mol. The normalized spacial score (nSPS) is 19.0. The lowest BCUT2D eigenvalue weighted by atomic mass is 9.74. The molecule has 0 heterocycles. The molecule has 2 rings (SSSR count). The van der Waals surface area contributed by atoms with Crippen molar-refractivity contribution in [2.45, 2.75) is 64.7 Å². The molecule has 1 aliphatic rings. The summed E-state index contributed by atoms with van der Waals surface area (Å²) in [6.07, 6.45) is 5.14. The van der Waals surface area contributed by atoms with Crippen molar-refractivity contribution < 1.29 is 4.21 Å². The first-order chi connectivity index (χ1) is 9.88. The summed E-state index contributed by atoms with van der Waals surface area (Å²) < 4.78 is 15.6. The van der Waals surface area contributed by atoms with Crippen molar-refractivity contribution in [3.8, 4) is 0 Å². The van der Waals surface area contributed by atoms with Gasteiger partial charge in [0.05, 0.1) is 15.7 Å². The SMILES string of the molecule is Cc1ccc(CNS(=O)C(C)(C)C[C@H](C)C2CCC2)cc1. The molecular weight excluding hydrogens is 278 g/mol. The topological polar surface area (TPSA) is 29.1 Å². The lowest BCUT2D eigenvalue weighted by Gasteiger charge is -2.36. The zero-order chi connectivity index (χ0) is 15.5. The average Bonchev–Trinajstić information content (AvgIpc) is 2.34. The molecule has 0 aliphatic heterocycles. The highest BCUT2D eigenvalue weighted by Gasteiger charge is 2.33. The van der Waals surface area contributed by atoms with Crippen molar-refractivity contribution >= 4 is 11.0 Å². The molecule has 0 bridgehead atoms. The Bertz CT molecular complexity index is 476. The Morgan fingerprint density at radius 3 is 2.43 bits per heavy atom. The minimum absolute atomic E-state index is 0.167. The Labute approximate surface area is 132 Å². The van der Waals surface area contributed by atoms with Gasteiger partial charge in [0.2, 0.25) is 0 Å². The highest BCUT2D eigenvalue weighted by molar-refractivity contribution is 7.84. The van der Waals surface area contributed by atoms with E-state index in [1.807, 2.05) is 0 Å². The minimum atomic E-state index is -1.00. The van der Waals surface area contributed by atoms with Crippen LogP contribution in [0, 0.1) is 18.8 Å². The fourth-order valence-electron chi connectivity index (χ4n) is 3.08. The summed E-state index contributed by atoms with van der Waals surface area (Å²) in [5, 5.41) is 0. The summed E-state index contributed by atoms with van der Waals surface area (Å²) in [7, 11) is -1.00. The molecule has 1 unspecified atom stereocenters. The second-order valence-corrected chi connectivity index (χ2v) is 9.14. The molecule has 0 spiro atoms. The number of nitrogens with one attached hydrogen (secondary N) is 1. The third-order valence-corrected chi connectivity index (χ3v) is 6.37. The molecule has 1 saturated carbocycles. The van der Waals surface area contributed by atoms with Gasteiger partial charge in [0.15, 0.2) is 0 Å². The highest BCUT2D eigenvalue weighted by atomic mass is 32.2. The molecule has 1 N–H and O–H groups in total. The quantitative estimate of drug-likeness (QED) is 0.797. The molecule has 2 atom stereocenters. The van der Waals surface area contributed by atoms with Gasteiger partial charge in [-0.05, 0) is 44.6 Å². The molecule has 1 aromatic carbocycles. The minimum Gasteiger partial charge on any atom is -0.242 e. The number of rotatable bonds is 7. The highest BCUT2D eigenvalue weighted by Crippen LogP contribution is 2.38. The third kappa shape index (κ3) is 4.65. The van der Waals surface area contributed by atoms with Gasteiger partial charge in [-0.3, -0.25) is 0 Å². The molecule has 21 heavy (non-hydrogen) atoms. The third-order valence-electron chi connectivity index (χ3n) is 4.80. The van der Waals surface area contributed by atoms with E-state index in [2.05, 4.69) is 56.7 Å². The van der Waals surface area contributed by atoms with E-state index in [-0.39, 0.29) is 4.75 Å². The lowest BCUT2D eigenvalue weighted by molar-refractivity contribution is 0.200. The van der Waals surface area contributed by atoms with E-state index in [1.54, 1.807) is 0 Å². The zero-order valence-electron chi connectivity index (χ0n) is 13.8. The summed E-state index contributed by atoms with van der Waals surface area (Å²) in [4.78, 5) is 0. The van der Waals surface area contributed by atoms with Crippen LogP contribution < -0.4 is 4.72 Å². The van der Waals surface area contributed by atoms with Crippen molar-refractivity contribution in [2.24, 2.45) is 11.8 Å². The van der Waals surface area contributed by atoms with Gasteiger partial charge in [0, 0.05) is 6.54 Å². The van der Waals surface area contributed by atoms with Gasteiger partial charge >= 0.3 is 0 Å². The van der Waals surface area contributed by atoms with Gasteiger partial charge in [-0.25, -0.2) is 8.93 Å². The second-order valence-electron chi connectivity index (χ2n) is 7.21. The summed E-state index contributed by atoms with van der Waals surface area (Å²) in [5.41, 5.74) is 2.45. The fourth-order valence-corrected chi connectivity index (χ4v) is 4.18. The molecule has 118 valence electrons. The number of benzene rings is 1. The number of hydrogen-bond acceptors (Lipinski definition) is 1. The van der Waals surface area contributed by atoms with Crippen LogP contribution in [-0.2, 0) is 17.5 Å². The van der Waals surface area contributed by atoms with Gasteiger partial charge in [0.25, 0.3) is 0 Å². The molecule has 1 aliphatic carbocycles. The van der Waals surface area contributed by atoms with Crippen LogP contribution in [0.2, 0.25) is 0 Å². The molecule has 0 radical (unpaired) electrons. The Morgan fingerprint density at radius 2 is 1.90 bits per heavy atom. The standard InChI is InChI=1S/C18H29NOS/c1-14-8-10-16(11-9-14)13-19-21(20)18(3,4)12-15(2)17-6-5-7-17/h8-11,15,17,19H,5-7,12-13H2,1-4H3/t15-,21?/m0/s1. The average molecular weight is 308 g/mol. The van der Waals surface area contributed by atoms with Gasteiger partial charge < -0.3 is 0 Å². The predicted octanol–water partition coefficient (Wildman–Crippen LogP) is 4.35. The van der Waals surface area contributed by atoms with Crippen LogP contribution in [0.1, 0.15) is 57.6 Å². The summed E-state index contributed by atoms with van der Waals surface area (Å²) in [6, 6.07) is 8.40. The van der Waals surface area contributed by atoms with Crippen molar-refractivity contribution in [3.63, 3.8) is 0 Å². The number of hydrogen-bond donors (Lipinski definition) is 1. The van der Waals surface area contributed by atoms with Crippen LogP contribution in [0.3, 0.4) is 0 Å². The van der Waals surface area contributed by atoms with Crippen molar-refractivity contribution in [2.75, 3.05) is 0 Å². The van der Waals surface area contributed by atoms with Crippen molar-refractivity contribution in [1.82, 2.24) is 4.72 Å². The Morgan fingerprint density at radius 1 is 1.29 bits per heavy atom. The monoisotopic (exact) mass is 307 g/mol. The van der Waals surface area contributed by atoms with Gasteiger partial charge in [-0.1, -0.05) is 56.0 Å². The molecule has 2 nitrogen and oxygen atoms in total. The van der Waals surface area contributed by atoms with Crippen LogP contribution in [0.25, 0.3) is 0 Å². The lowest BCUT2D eigenvalue weighted by Crippen LogP contribution is -2.39. The van der Waals surface area contributed by atoms with E-state index < -0.39 is 11.0 Å². The molecule has 0 aromatic heterocycles. The van der Waals surface area contributed by atoms with Crippen molar-refractivity contribution in [1.29, 1.82) is 0 Å². The number of aryl methyl sites for hydroxylation is 1. The fraction of sp³-hybridized carbons (Fsp3) is 0.667. The second kappa shape index (κ2) is 7.06. The molecule has 1 fully saturated rings. The molecular formula is C18H29NOS. The van der Waals surface area contributed by atoms with Crippen LogP contribution in [-0.4, -0.2) is 8.96 Å². The van der Waals surface area contributed by atoms with E-state index in [0.717, 1.165) is 12.3 Å². The maximum Gasteiger partial charge on any atom is 0.0976 e. The molecule has 3 heteroatoms. The van der Waals surface area contributed by atoms with Gasteiger partial charge in [0.1, 0.15) is 0 Å². The Kier molecular flexibility index (Phi) is 5.61. The van der Waals surface area contributed by atoms with Crippen LogP contribution in [0.5, 0.6) is 0 Å². The van der Waals surface area contributed by atoms with Crippen molar-refractivity contribution in [3.05, 3.63) is 35.4 Å². The van der Waals surface area contributed by atoms with Gasteiger partial charge in [-0.15, -0.1) is 0 Å². The smallest absolute Gasteiger partial charge is 0.0976 e. The molecule has 0 saturated heterocycles. The van der Waals surface area contributed by atoms with E-state index in [1.165, 1.54) is 30.4 Å². The van der Waals surface area contributed by atoms with E-state index in [9.17, 15) is 4.21 Å². The van der Waals surface area contributed by atoms with E-state index in [0.29, 0.717) is 12.5 Å². The molecule has 1 aromatic rings. The van der Waals surface area contributed by atoms with Crippen LogP contribution in [0.15, 0.2) is 24.3 Å². The van der Waals surface area contributed by atoms with Crippen LogP contribution in [0.4, 0.5) is 0 Å². The zero-order valence-corrected chi connectivity index (χ0v) is 14.6. The first-order valence-electron chi connectivity index (χ1n) is 8.09. The first-order valence-corrected chi connectivity index (χ1v) is 9.24. The summed E-state index contributed by atoms with van der Waals surface area (Å²) >= 11 is 0. The molecule has 0 amide bonds. The maximum absolute atomic E-state index is 12.6. The van der Waals surface area contributed by atoms with Gasteiger partial charge in [-0.2, -0.15) is 0 Å². The largest absolute Gasteiger partial charge is 0.242 e. The Balaban J connectivity index is 1.84. The van der Waals surface area contributed by atoms with Crippen LogP contribution >= 0.6 is 0 Å². The first kappa shape index (κ1) is 16.7.